The van der Waals surface area contributed by atoms with Gasteiger partial charge in [-0.2, -0.15) is 0 Å². The molecule has 1 rings (SSSR count). The molecule has 1 fully saturated rings. The zero-order valence-electron chi connectivity index (χ0n) is 7.62. The minimum absolute atomic E-state index is 0.245. The van der Waals surface area contributed by atoms with Crippen LogP contribution < -0.4 is 5.73 Å². The molecule has 12 heavy (non-hydrogen) atoms. The van der Waals surface area contributed by atoms with Crippen LogP contribution in [0, 0.1) is 0 Å². The molecule has 0 aromatic rings. The third-order valence-electron chi connectivity index (χ3n) is 2.13. The summed E-state index contributed by atoms with van der Waals surface area (Å²) < 4.78 is 0. The predicted octanol–water partition coefficient (Wildman–Crippen LogP) is -0.196. The number of rotatable bonds is 4. The first-order chi connectivity index (χ1) is 5.79. The van der Waals surface area contributed by atoms with Gasteiger partial charge in [0.05, 0.1) is 0 Å². The number of nitrogens with zero attached hydrogens (tertiary/aromatic N) is 2. The van der Waals surface area contributed by atoms with Gasteiger partial charge in [-0.1, -0.05) is 0 Å². The van der Waals surface area contributed by atoms with E-state index in [1.54, 1.807) is 0 Å². The van der Waals surface area contributed by atoms with Gasteiger partial charge in [0.25, 0.3) is 0 Å². The van der Waals surface area contributed by atoms with E-state index in [1.807, 2.05) is 11.9 Å². The van der Waals surface area contributed by atoms with Crippen molar-refractivity contribution >= 4 is 5.91 Å². The molecule has 0 atom stereocenters. The van der Waals surface area contributed by atoms with Gasteiger partial charge in [-0.15, -0.1) is 0 Å². The number of hydrogen-bond donors (Lipinski definition) is 1. The molecule has 1 saturated heterocycles. The summed E-state index contributed by atoms with van der Waals surface area (Å²) in [7, 11) is 0. The lowest BCUT2D eigenvalue weighted by Crippen LogP contribution is -2.39. The molecule has 1 aliphatic rings. The van der Waals surface area contributed by atoms with E-state index >= 15 is 0 Å². The smallest absolute Gasteiger partial charge is 0.238 e. The molecule has 2 N–H and O–H groups in total. The first kappa shape index (κ1) is 9.48. The first-order valence-electron chi connectivity index (χ1n) is 4.55. The van der Waals surface area contributed by atoms with Gasteiger partial charge in [0.1, 0.15) is 0 Å². The van der Waals surface area contributed by atoms with Crippen molar-refractivity contribution in [1.29, 1.82) is 0 Å². The number of carbonyl (C=O) groups is 1. The average molecular weight is 171 g/mol. The van der Waals surface area contributed by atoms with Crippen molar-refractivity contribution in [2.24, 2.45) is 5.73 Å². The van der Waals surface area contributed by atoms with Crippen molar-refractivity contribution in [3.05, 3.63) is 0 Å². The molecule has 1 amide bonds. The van der Waals surface area contributed by atoms with Crippen molar-refractivity contribution in [1.82, 2.24) is 10.0 Å². The van der Waals surface area contributed by atoms with Crippen LogP contribution in [-0.2, 0) is 4.79 Å². The molecule has 0 aromatic carbocycles. The fourth-order valence-electron chi connectivity index (χ4n) is 1.51. The zero-order valence-corrected chi connectivity index (χ0v) is 7.62. The molecule has 1 aliphatic heterocycles. The van der Waals surface area contributed by atoms with Crippen LogP contribution in [0.15, 0.2) is 0 Å². The van der Waals surface area contributed by atoms with E-state index in [-0.39, 0.29) is 5.91 Å². The summed E-state index contributed by atoms with van der Waals surface area (Å²) >= 11 is 0. The summed E-state index contributed by atoms with van der Waals surface area (Å²) in [6.07, 6.45) is 1.63. The highest BCUT2D eigenvalue weighted by Crippen LogP contribution is 2.11. The Morgan fingerprint density at radius 1 is 1.58 bits per heavy atom. The Kier molecular flexibility index (Phi) is 3.49. The second-order valence-corrected chi connectivity index (χ2v) is 2.96. The Balaban J connectivity index is 2.38. The zero-order chi connectivity index (χ0) is 8.97. The van der Waals surface area contributed by atoms with Crippen LogP contribution in [0.2, 0.25) is 0 Å². The molecular formula is C8H17N3O. The SMILES string of the molecule is CCN1C(=O)CCN1CCCN. The van der Waals surface area contributed by atoms with Crippen molar-refractivity contribution in [2.75, 3.05) is 26.2 Å². The van der Waals surface area contributed by atoms with Gasteiger partial charge in [0.2, 0.25) is 5.91 Å². The van der Waals surface area contributed by atoms with Crippen LogP contribution in [-0.4, -0.2) is 42.1 Å². The second kappa shape index (κ2) is 4.42. The van der Waals surface area contributed by atoms with Crippen LogP contribution in [0.4, 0.5) is 0 Å². The van der Waals surface area contributed by atoms with Gasteiger partial charge in [0, 0.05) is 26.1 Å². The lowest BCUT2D eigenvalue weighted by Gasteiger charge is -2.26. The monoisotopic (exact) mass is 171 g/mol. The van der Waals surface area contributed by atoms with Crippen LogP contribution in [0.25, 0.3) is 0 Å². The Morgan fingerprint density at radius 3 is 2.92 bits per heavy atom. The topological polar surface area (TPSA) is 49.6 Å². The summed E-state index contributed by atoms with van der Waals surface area (Å²) in [5.74, 6) is 0.245. The highest BCUT2D eigenvalue weighted by molar-refractivity contribution is 5.77. The number of carbonyl (C=O) groups excluding carboxylic acids is 1. The summed E-state index contributed by atoms with van der Waals surface area (Å²) in [6, 6.07) is 0. The Bertz CT molecular complexity index is 160. The number of nitrogens with two attached hydrogens (primary N) is 1. The summed E-state index contributed by atoms with van der Waals surface area (Å²) in [6.45, 7) is 5.26. The second-order valence-electron chi connectivity index (χ2n) is 2.96. The van der Waals surface area contributed by atoms with E-state index in [9.17, 15) is 4.79 Å². The van der Waals surface area contributed by atoms with E-state index in [1.165, 1.54) is 0 Å². The summed E-state index contributed by atoms with van der Waals surface area (Å²) in [4.78, 5) is 11.2. The van der Waals surface area contributed by atoms with E-state index in [2.05, 4.69) is 5.01 Å². The lowest BCUT2D eigenvalue weighted by atomic mass is 10.4. The number of hydrazine groups is 1. The van der Waals surface area contributed by atoms with E-state index in [4.69, 9.17) is 5.73 Å². The lowest BCUT2D eigenvalue weighted by molar-refractivity contribution is -0.137. The van der Waals surface area contributed by atoms with Crippen molar-refractivity contribution < 1.29 is 4.79 Å². The standard InChI is InChI=1S/C8H17N3O/c1-2-11-8(12)4-7-10(11)6-3-5-9/h2-7,9H2,1H3. The van der Waals surface area contributed by atoms with Crippen molar-refractivity contribution in [3.63, 3.8) is 0 Å². The first-order valence-corrected chi connectivity index (χ1v) is 4.55. The quantitative estimate of drug-likeness (QED) is 0.637. The Morgan fingerprint density at radius 2 is 2.33 bits per heavy atom. The molecule has 4 heteroatoms. The molecular weight excluding hydrogens is 154 g/mol. The molecule has 0 spiro atoms. The molecule has 70 valence electrons. The Labute approximate surface area is 73.3 Å². The minimum Gasteiger partial charge on any atom is -0.330 e. The fourth-order valence-corrected chi connectivity index (χ4v) is 1.51. The van der Waals surface area contributed by atoms with E-state index in [0.29, 0.717) is 13.0 Å². The van der Waals surface area contributed by atoms with Gasteiger partial charge in [0.15, 0.2) is 0 Å². The predicted molar refractivity (Wildman–Crippen MR) is 47.2 cm³/mol. The maximum Gasteiger partial charge on any atom is 0.238 e. The van der Waals surface area contributed by atoms with Gasteiger partial charge in [-0.25, -0.2) is 5.01 Å². The summed E-state index contributed by atoms with van der Waals surface area (Å²) in [5, 5.41) is 3.91. The largest absolute Gasteiger partial charge is 0.330 e. The molecule has 0 aliphatic carbocycles. The third kappa shape index (κ3) is 1.95. The molecule has 0 saturated carbocycles. The fraction of sp³-hybridized carbons (Fsp3) is 0.875. The number of hydrogen-bond acceptors (Lipinski definition) is 3. The molecule has 0 aromatic heterocycles. The van der Waals surface area contributed by atoms with Gasteiger partial charge < -0.3 is 5.73 Å². The van der Waals surface area contributed by atoms with E-state index < -0.39 is 0 Å². The average Bonchev–Trinajstić information content (AvgIpc) is 2.43. The van der Waals surface area contributed by atoms with Crippen LogP contribution >= 0.6 is 0 Å². The van der Waals surface area contributed by atoms with Gasteiger partial charge >= 0.3 is 0 Å². The van der Waals surface area contributed by atoms with Crippen LogP contribution in [0.3, 0.4) is 0 Å². The molecule has 0 bridgehead atoms. The van der Waals surface area contributed by atoms with Crippen LogP contribution in [0.1, 0.15) is 19.8 Å². The minimum atomic E-state index is 0.245. The normalized spacial score (nSPS) is 19.2. The van der Waals surface area contributed by atoms with Gasteiger partial charge in [-0.05, 0) is 19.9 Å². The highest BCUT2D eigenvalue weighted by Gasteiger charge is 2.26. The summed E-state index contributed by atoms with van der Waals surface area (Å²) in [5.41, 5.74) is 5.40. The third-order valence-corrected chi connectivity index (χ3v) is 2.13. The van der Waals surface area contributed by atoms with Crippen molar-refractivity contribution in [2.45, 2.75) is 19.8 Å². The van der Waals surface area contributed by atoms with Crippen LogP contribution in [0.5, 0.6) is 0 Å². The molecule has 4 nitrogen and oxygen atoms in total. The maximum atomic E-state index is 11.2. The maximum absolute atomic E-state index is 11.2. The highest BCUT2D eigenvalue weighted by atomic mass is 16.2. The Hall–Kier alpha value is -0.610. The number of amides is 1. The van der Waals surface area contributed by atoms with E-state index in [0.717, 1.165) is 26.1 Å². The van der Waals surface area contributed by atoms with Gasteiger partial charge in [-0.3, -0.25) is 9.80 Å². The molecule has 0 radical (unpaired) electrons. The molecule has 1 heterocycles. The van der Waals surface area contributed by atoms with Crippen molar-refractivity contribution in [3.8, 4) is 0 Å². The molecule has 0 unspecified atom stereocenters.